The van der Waals surface area contributed by atoms with Gasteiger partial charge in [-0.05, 0) is 60.7 Å². The number of likely N-dealkylation sites (tertiary alicyclic amines) is 1. The fourth-order valence-electron chi connectivity index (χ4n) is 4.58. The van der Waals surface area contributed by atoms with Crippen molar-refractivity contribution in [3.05, 3.63) is 77.9 Å². The number of aromatic nitrogens is 2. The van der Waals surface area contributed by atoms with E-state index in [1.165, 1.54) is 24.3 Å². The summed E-state index contributed by atoms with van der Waals surface area (Å²) in [6.45, 7) is 1.88. The molecule has 204 valence electrons. The van der Waals surface area contributed by atoms with Crippen LogP contribution in [0.3, 0.4) is 0 Å². The third-order valence-electron chi connectivity index (χ3n) is 6.69. The number of phenolic OH excluding ortho intramolecular Hbond substituents is 1. The molecule has 11 heteroatoms. The summed E-state index contributed by atoms with van der Waals surface area (Å²) in [5.74, 6) is 0.143. The number of sulfonamides is 1. The van der Waals surface area contributed by atoms with E-state index >= 15 is 0 Å². The molecule has 0 bridgehead atoms. The van der Waals surface area contributed by atoms with Crippen molar-refractivity contribution < 1.29 is 23.0 Å². The fourth-order valence-corrected chi connectivity index (χ4v) is 5.59. The summed E-state index contributed by atoms with van der Waals surface area (Å²) in [5, 5.41) is 22.6. The van der Waals surface area contributed by atoms with Crippen molar-refractivity contribution in [2.24, 2.45) is 0 Å². The van der Waals surface area contributed by atoms with Crippen LogP contribution < -0.4 is 10.0 Å². The SMILES string of the molecule is O=S(=O)(Nc1nc2ccccc2nc1Nc1cc(O)ccc1CCO)c1ccc(CN2CCC(F)CC2)cc1. The normalized spacial score (nSPS) is 14.9. The lowest BCUT2D eigenvalue weighted by molar-refractivity contribution is 0.145. The van der Waals surface area contributed by atoms with Gasteiger partial charge in [0.05, 0.1) is 15.9 Å². The van der Waals surface area contributed by atoms with E-state index in [0.29, 0.717) is 61.2 Å². The van der Waals surface area contributed by atoms with E-state index in [1.807, 2.05) is 0 Å². The van der Waals surface area contributed by atoms with Crippen molar-refractivity contribution in [1.82, 2.24) is 14.9 Å². The van der Waals surface area contributed by atoms with Crippen LogP contribution in [0.15, 0.2) is 71.6 Å². The van der Waals surface area contributed by atoms with Gasteiger partial charge in [0.15, 0.2) is 11.6 Å². The second-order valence-electron chi connectivity index (χ2n) is 9.55. The number of benzene rings is 3. The predicted octanol–water partition coefficient (Wildman–Crippen LogP) is 4.35. The van der Waals surface area contributed by atoms with E-state index in [-0.39, 0.29) is 28.9 Å². The van der Waals surface area contributed by atoms with E-state index in [1.54, 1.807) is 42.5 Å². The number of nitrogens with zero attached hydrogens (tertiary/aromatic N) is 3. The molecule has 3 aromatic carbocycles. The molecular weight excluding hydrogens is 521 g/mol. The molecule has 1 aromatic heterocycles. The Morgan fingerprint density at radius 1 is 0.949 bits per heavy atom. The fraction of sp³-hybridized carbons (Fsp3) is 0.286. The highest BCUT2D eigenvalue weighted by Crippen LogP contribution is 2.31. The monoisotopic (exact) mass is 551 g/mol. The van der Waals surface area contributed by atoms with E-state index < -0.39 is 16.2 Å². The number of halogens is 1. The first-order valence-electron chi connectivity index (χ1n) is 12.8. The molecule has 0 aliphatic carbocycles. The third-order valence-corrected chi connectivity index (χ3v) is 8.04. The second kappa shape index (κ2) is 11.5. The van der Waals surface area contributed by atoms with Crippen LogP contribution >= 0.6 is 0 Å². The van der Waals surface area contributed by atoms with Crippen LogP contribution in [0.25, 0.3) is 11.0 Å². The maximum absolute atomic E-state index is 13.4. The van der Waals surface area contributed by atoms with E-state index in [2.05, 4.69) is 24.9 Å². The van der Waals surface area contributed by atoms with Crippen molar-refractivity contribution in [1.29, 1.82) is 0 Å². The van der Waals surface area contributed by atoms with Gasteiger partial charge in [-0.3, -0.25) is 9.62 Å². The number of phenols is 1. The summed E-state index contributed by atoms with van der Waals surface area (Å²) in [6.07, 6.45) is 0.613. The van der Waals surface area contributed by atoms with Gasteiger partial charge in [-0.15, -0.1) is 0 Å². The Morgan fingerprint density at radius 3 is 2.28 bits per heavy atom. The average molecular weight is 552 g/mol. The van der Waals surface area contributed by atoms with Gasteiger partial charge in [0.2, 0.25) is 0 Å². The minimum atomic E-state index is -4.03. The molecule has 0 spiro atoms. The summed E-state index contributed by atoms with van der Waals surface area (Å²) in [5.41, 5.74) is 3.17. The van der Waals surface area contributed by atoms with Crippen LogP contribution in [0, 0.1) is 0 Å². The molecule has 0 unspecified atom stereocenters. The Balaban J connectivity index is 1.42. The number of hydrogen-bond donors (Lipinski definition) is 4. The van der Waals surface area contributed by atoms with Crippen LogP contribution in [0.2, 0.25) is 0 Å². The number of fused-ring (bicyclic) bond motifs is 1. The number of nitrogens with one attached hydrogen (secondary N) is 2. The number of alkyl halides is 1. The van der Waals surface area contributed by atoms with Gasteiger partial charge in [0, 0.05) is 38.0 Å². The average Bonchev–Trinajstić information content (AvgIpc) is 2.92. The molecule has 39 heavy (non-hydrogen) atoms. The number of aliphatic hydroxyl groups is 1. The van der Waals surface area contributed by atoms with Gasteiger partial charge in [-0.2, -0.15) is 0 Å². The molecule has 1 aliphatic heterocycles. The number of para-hydroxylation sites is 2. The second-order valence-corrected chi connectivity index (χ2v) is 11.2. The summed E-state index contributed by atoms with van der Waals surface area (Å²) >= 11 is 0. The summed E-state index contributed by atoms with van der Waals surface area (Å²) < 4.78 is 42.7. The topological polar surface area (TPSA) is 128 Å². The molecule has 0 saturated carbocycles. The first kappa shape index (κ1) is 26.8. The molecule has 2 heterocycles. The minimum absolute atomic E-state index is 0.00391. The molecule has 4 N–H and O–H groups in total. The summed E-state index contributed by atoms with van der Waals surface area (Å²) in [6, 6.07) is 18.3. The molecule has 1 saturated heterocycles. The van der Waals surface area contributed by atoms with E-state index in [0.717, 1.165) is 5.56 Å². The molecule has 0 atom stereocenters. The molecular formula is C28H30FN5O4S. The molecule has 1 fully saturated rings. The van der Waals surface area contributed by atoms with Gasteiger partial charge in [0.25, 0.3) is 10.0 Å². The van der Waals surface area contributed by atoms with Gasteiger partial charge >= 0.3 is 0 Å². The smallest absolute Gasteiger partial charge is 0.263 e. The molecule has 0 radical (unpaired) electrons. The maximum atomic E-state index is 13.4. The molecule has 4 aromatic rings. The quantitative estimate of drug-likeness (QED) is 0.242. The first-order chi connectivity index (χ1) is 18.8. The Kier molecular flexibility index (Phi) is 7.92. The molecule has 0 amide bonds. The van der Waals surface area contributed by atoms with Crippen LogP contribution in [0.5, 0.6) is 5.75 Å². The minimum Gasteiger partial charge on any atom is -0.508 e. The Labute approximate surface area is 226 Å². The lowest BCUT2D eigenvalue weighted by atomic mass is 10.1. The van der Waals surface area contributed by atoms with Gasteiger partial charge < -0.3 is 15.5 Å². The molecule has 1 aliphatic rings. The molecule has 5 rings (SSSR count). The van der Waals surface area contributed by atoms with Crippen LogP contribution in [-0.4, -0.2) is 59.4 Å². The zero-order valence-electron chi connectivity index (χ0n) is 21.2. The Hall–Kier alpha value is -3.80. The van der Waals surface area contributed by atoms with Gasteiger partial charge in [0.1, 0.15) is 11.9 Å². The lowest BCUT2D eigenvalue weighted by Gasteiger charge is -2.28. The highest BCUT2D eigenvalue weighted by Gasteiger charge is 2.21. The first-order valence-corrected chi connectivity index (χ1v) is 14.2. The van der Waals surface area contributed by atoms with Crippen molar-refractivity contribution in [3.8, 4) is 5.75 Å². The Morgan fingerprint density at radius 2 is 1.62 bits per heavy atom. The number of piperidine rings is 1. The van der Waals surface area contributed by atoms with Crippen molar-refractivity contribution >= 4 is 38.4 Å². The van der Waals surface area contributed by atoms with E-state index in [4.69, 9.17) is 0 Å². The number of aliphatic hydroxyl groups excluding tert-OH is 1. The van der Waals surface area contributed by atoms with Crippen molar-refractivity contribution in [2.75, 3.05) is 29.7 Å². The number of anilines is 3. The lowest BCUT2D eigenvalue weighted by Crippen LogP contribution is -2.33. The maximum Gasteiger partial charge on any atom is 0.263 e. The highest BCUT2D eigenvalue weighted by atomic mass is 32.2. The number of hydrogen-bond acceptors (Lipinski definition) is 8. The van der Waals surface area contributed by atoms with Crippen LogP contribution in [0.4, 0.5) is 21.7 Å². The largest absolute Gasteiger partial charge is 0.508 e. The highest BCUT2D eigenvalue weighted by molar-refractivity contribution is 7.92. The Bertz CT molecular complexity index is 1560. The van der Waals surface area contributed by atoms with Crippen molar-refractivity contribution in [3.63, 3.8) is 0 Å². The molecule has 9 nitrogen and oxygen atoms in total. The number of rotatable bonds is 9. The third kappa shape index (κ3) is 6.44. The summed E-state index contributed by atoms with van der Waals surface area (Å²) in [7, 11) is -4.03. The van der Waals surface area contributed by atoms with Gasteiger partial charge in [-0.25, -0.2) is 22.8 Å². The van der Waals surface area contributed by atoms with E-state index in [9.17, 15) is 23.0 Å². The van der Waals surface area contributed by atoms with Gasteiger partial charge in [-0.1, -0.05) is 30.3 Å². The zero-order valence-corrected chi connectivity index (χ0v) is 22.0. The van der Waals surface area contributed by atoms with Crippen LogP contribution in [-0.2, 0) is 23.0 Å². The standard InChI is InChI=1S/C28H30FN5O4S/c29-21-11-14-34(15-12-21)18-19-5-9-23(10-6-19)39(37,38)33-28-27(30-24-3-1-2-4-25(24)31-28)32-26-17-22(36)8-7-20(26)13-16-35/h1-10,17,21,35-36H,11-16,18H2,(H,30,32)(H,31,33). The van der Waals surface area contributed by atoms with Crippen LogP contribution in [0.1, 0.15) is 24.0 Å². The van der Waals surface area contributed by atoms with Crippen molar-refractivity contribution in [2.45, 2.75) is 36.9 Å². The zero-order chi connectivity index (χ0) is 27.4. The predicted molar refractivity (Wildman–Crippen MR) is 148 cm³/mol. The summed E-state index contributed by atoms with van der Waals surface area (Å²) in [4.78, 5) is 11.3. The number of aromatic hydroxyl groups is 1.